The first kappa shape index (κ1) is 16.8. The topological polar surface area (TPSA) is 78.9 Å². The summed E-state index contributed by atoms with van der Waals surface area (Å²) in [6.45, 7) is 6.61. The molecule has 1 atom stereocenters. The van der Waals surface area contributed by atoms with E-state index in [1.54, 1.807) is 11.8 Å². The van der Waals surface area contributed by atoms with Gasteiger partial charge in [-0.15, -0.1) is 0 Å². The lowest BCUT2D eigenvalue weighted by Crippen LogP contribution is -2.46. The molecule has 0 aliphatic carbocycles. The van der Waals surface area contributed by atoms with Crippen molar-refractivity contribution in [2.75, 3.05) is 20.2 Å². The number of nitrogens with one attached hydrogen (secondary N) is 1. The molecule has 2 amide bonds. The van der Waals surface area contributed by atoms with Gasteiger partial charge in [-0.05, 0) is 39.0 Å². The molecule has 1 aromatic carbocycles. The SMILES string of the molecule is CCN(CC)C(=O)C(C)NC(=O)c1ccc(OC)c(O)c1. The number of nitrogens with zero attached hydrogens (tertiary/aromatic N) is 1. The van der Waals surface area contributed by atoms with Crippen molar-refractivity contribution in [2.45, 2.75) is 26.8 Å². The van der Waals surface area contributed by atoms with Crippen molar-refractivity contribution in [3.05, 3.63) is 23.8 Å². The number of ether oxygens (including phenoxy) is 1. The Balaban J connectivity index is 2.76. The molecular formula is C15H22N2O4. The van der Waals surface area contributed by atoms with E-state index < -0.39 is 11.9 Å². The minimum atomic E-state index is -0.623. The minimum Gasteiger partial charge on any atom is -0.504 e. The van der Waals surface area contributed by atoms with Crippen molar-refractivity contribution in [1.29, 1.82) is 0 Å². The molecule has 116 valence electrons. The summed E-state index contributed by atoms with van der Waals surface area (Å²) in [5, 5.41) is 12.3. The number of likely N-dealkylation sites (N-methyl/N-ethyl adjacent to an activating group) is 1. The Bertz CT molecular complexity index is 512. The van der Waals surface area contributed by atoms with E-state index in [1.807, 2.05) is 13.8 Å². The minimum absolute atomic E-state index is 0.118. The fraction of sp³-hybridized carbons (Fsp3) is 0.467. The van der Waals surface area contributed by atoms with Crippen molar-refractivity contribution < 1.29 is 19.4 Å². The quantitative estimate of drug-likeness (QED) is 0.831. The first-order valence-corrected chi connectivity index (χ1v) is 6.91. The van der Waals surface area contributed by atoms with Crippen molar-refractivity contribution in [1.82, 2.24) is 10.2 Å². The molecular weight excluding hydrogens is 272 g/mol. The predicted molar refractivity (Wildman–Crippen MR) is 79.5 cm³/mol. The van der Waals surface area contributed by atoms with Crippen LogP contribution in [0.2, 0.25) is 0 Å². The van der Waals surface area contributed by atoms with Gasteiger partial charge < -0.3 is 20.1 Å². The first-order valence-electron chi connectivity index (χ1n) is 6.91. The maximum Gasteiger partial charge on any atom is 0.252 e. The highest BCUT2D eigenvalue weighted by Gasteiger charge is 2.21. The lowest BCUT2D eigenvalue weighted by molar-refractivity contribution is -0.132. The van der Waals surface area contributed by atoms with Crippen molar-refractivity contribution in [3.63, 3.8) is 0 Å². The van der Waals surface area contributed by atoms with Crippen LogP contribution in [0.25, 0.3) is 0 Å². The molecule has 0 bridgehead atoms. The number of aromatic hydroxyl groups is 1. The Morgan fingerprint density at radius 1 is 1.33 bits per heavy atom. The van der Waals surface area contributed by atoms with Gasteiger partial charge >= 0.3 is 0 Å². The number of benzene rings is 1. The third-order valence-electron chi connectivity index (χ3n) is 3.23. The third-order valence-corrected chi connectivity index (χ3v) is 3.23. The summed E-state index contributed by atoms with van der Waals surface area (Å²) in [5.74, 6) is -0.376. The average molecular weight is 294 g/mol. The Hall–Kier alpha value is -2.24. The Morgan fingerprint density at radius 2 is 1.95 bits per heavy atom. The number of phenols is 1. The first-order chi connectivity index (χ1) is 9.94. The van der Waals surface area contributed by atoms with Crippen LogP contribution in [0.3, 0.4) is 0 Å². The highest BCUT2D eigenvalue weighted by atomic mass is 16.5. The summed E-state index contributed by atoms with van der Waals surface area (Å²) in [5.41, 5.74) is 0.271. The van der Waals surface area contributed by atoms with Crippen LogP contribution in [0.1, 0.15) is 31.1 Å². The number of phenolic OH excluding ortho intramolecular Hbond substituents is 1. The predicted octanol–water partition coefficient (Wildman–Crippen LogP) is 1.39. The zero-order chi connectivity index (χ0) is 16.0. The standard InChI is InChI=1S/C15H22N2O4/c1-5-17(6-2)15(20)10(3)16-14(19)11-7-8-13(21-4)12(18)9-11/h7-10,18H,5-6H2,1-4H3,(H,16,19). The number of carbonyl (C=O) groups excluding carboxylic acids is 2. The Kier molecular flexibility index (Phi) is 6.02. The number of amides is 2. The van der Waals surface area contributed by atoms with E-state index in [0.29, 0.717) is 18.8 Å². The van der Waals surface area contributed by atoms with Gasteiger partial charge in [0.15, 0.2) is 11.5 Å². The van der Waals surface area contributed by atoms with Crippen molar-refractivity contribution >= 4 is 11.8 Å². The molecule has 1 rings (SSSR count). The summed E-state index contributed by atoms with van der Waals surface area (Å²) < 4.78 is 4.92. The van der Waals surface area contributed by atoms with Crippen LogP contribution >= 0.6 is 0 Å². The van der Waals surface area contributed by atoms with Crippen LogP contribution in [0.15, 0.2) is 18.2 Å². The maximum atomic E-state index is 12.1. The van der Waals surface area contributed by atoms with Gasteiger partial charge in [0.05, 0.1) is 7.11 Å². The van der Waals surface area contributed by atoms with Crippen LogP contribution in [-0.4, -0.2) is 48.1 Å². The largest absolute Gasteiger partial charge is 0.504 e. The van der Waals surface area contributed by atoms with Crippen LogP contribution in [0.5, 0.6) is 11.5 Å². The zero-order valence-electron chi connectivity index (χ0n) is 12.8. The Morgan fingerprint density at radius 3 is 2.43 bits per heavy atom. The molecule has 0 heterocycles. The lowest BCUT2D eigenvalue weighted by atomic mass is 10.1. The molecule has 0 fully saturated rings. The molecule has 6 nitrogen and oxygen atoms in total. The molecule has 2 N–H and O–H groups in total. The van der Waals surface area contributed by atoms with Crippen LogP contribution < -0.4 is 10.1 Å². The second kappa shape index (κ2) is 7.52. The van der Waals surface area contributed by atoms with Gasteiger partial charge in [0.2, 0.25) is 5.91 Å². The fourth-order valence-electron chi connectivity index (χ4n) is 1.98. The van der Waals surface area contributed by atoms with Gasteiger partial charge in [0.25, 0.3) is 5.91 Å². The molecule has 0 saturated heterocycles. The molecule has 0 saturated carbocycles. The molecule has 0 radical (unpaired) electrons. The molecule has 21 heavy (non-hydrogen) atoms. The zero-order valence-corrected chi connectivity index (χ0v) is 12.8. The number of carbonyl (C=O) groups is 2. The normalized spacial score (nSPS) is 11.6. The number of hydrogen-bond acceptors (Lipinski definition) is 4. The van der Waals surface area contributed by atoms with Gasteiger partial charge in [-0.25, -0.2) is 0 Å². The smallest absolute Gasteiger partial charge is 0.252 e. The summed E-state index contributed by atoms with van der Waals surface area (Å²) >= 11 is 0. The van der Waals surface area contributed by atoms with Crippen molar-refractivity contribution in [2.24, 2.45) is 0 Å². The lowest BCUT2D eigenvalue weighted by Gasteiger charge is -2.23. The Labute approximate surface area is 124 Å². The monoisotopic (exact) mass is 294 g/mol. The number of hydrogen-bond donors (Lipinski definition) is 2. The van der Waals surface area contributed by atoms with E-state index in [-0.39, 0.29) is 17.2 Å². The van der Waals surface area contributed by atoms with Crippen molar-refractivity contribution in [3.8, 4) is 11.5 Å². The van der Waals surface area contributed by atoms with E-state index in [4.69, 9.17) is 4.74 Å². The maximum absolute atomic E-state index is 12.1. The fourth-order valence-corrected chi connectivity index (χ4v) is 1.98. The van der Waals surface area contributed by atoms with E-state index in [0.717, 1.165) is 0 Å². The second-order valence-electron chi connectivity index (χ2n) is 4.59. The van der Waals surface area contributed by atoms with Gasteiger partial charge in [0.1, 0.15) is 6.04 Å². The van der Waals surface area contributed by atoms with Crippen LogP contribution in [0, 0.1) is 0 Å². The van der Waals surface area contributed by atoms with Crippen LogP contribution in [0.4, 0.5) is 0 Å². The van der Waals surface area contributed by atoms with E-state index in [2.05, 4.69) is 5.32 Å². The molecule has 1 aromatic rings. The highest BCUT2D eigenvalue weighted by molar-refractivity contribution is 5.97. The molecule has 0 spiro atoms. The van der Waals surface area contributed by atoms with Gasteiger partial charge in [-0.3, -0.25) is 9.59 Å². The van der Waals surface area contributed by atoms with E-state index in [1.165, 1.54) is 25.3 Å². The van der Waals surface area contributed by atoms with Crippen LogP contribution in [-0.2, 0) is 4.79 Å². The van der Waals surface area contributed by atoms with E-state index in [9.17, 15) is 14.7 Å². The number of methoxy groups -OCH3 is 1. The summed E-state index contributed by atoms with van der Waals surface area (Å²) in [6.07, 6.45) is 0. The average Bonchev–Trinajstić information content (AvgIpc) is 2.48. The van der Waals surface area contributed by atoms with Gasteiger partial charge in [-0.1, -0.05) is 0 Å². The van der Waals surface area contributed by atoms with Gasteiger partial charge in [-0.2, -0.15) is 0 Å². The highest BCUT2D eigenvalue weighted by Crippen LogP contribution is 2.26. The molecule has 0 aromatic heterocycles. The molecule has 0 aliphatic rings. The summed E-state index contributed by atoms with van der Waals surface area (Å²) in [7, 11) is 1.43. The summed E-state index contributed by atoms with van der Waals surface area (Å²) in [6, 6.07) is 3.72. The number of rotatable bonds is 6. The molecule has 6 heteroatoms. The van der Waals surface area contributed by atoms with E-state index >= 15 is 0 Å². The third kappa shape index (κ3) is 4.11. The van der Waals surface area contributed by atoms with Gasteiger partial charge in [0, 0.05) is 18.7 Å². The summed E-state index contributed by atoms with van der Waals surface area (Å²) in [4.78, 5) is 25.8. The second-order valence-corrected chi connectivity index (χ2v) is 4.59. The molecule has 1 unspecified atom stereocenters. The molecule has 0 aliphatic heterocycles.